The zero-order valence-electron chi connectivity index (χ0n) is 14.3. The van der Waals surface area contributed by atoms with Gasteiger partial charge in [-0.15, -0.1) is 10.2 Å². The van der Waals surface area contributed by atoms with Crippen molar-refractivity contribution in [3.05, 3.63) is 56.0 Å². The molecule has 1 aromatic heterocycles. The van der Waals surface area contributed by atoms with Gasteiger partial charge in [0, 0.05) is 15.2 Å². The van der Waals surface area contributed by atoms with Gasteiger partial charge < -0.3 is 9.73 Å². The van der Waals surface area contributed by atoms with E-state index in [1.807, 2.05) is 26.0 Å². The number of halogens is 3. The lowest BCUT2D eigenvalue weighted by atomic mass is 10.1. The highest BCUT2D eigenvalue weighted by atomic mass is 79.9. The first kappa shape index (κ1) is 20.2. The van der Waals surface area contributed by atoms with E-state index in [0.717, 1.165) is 33.0 Å². The van der Waals surface area contributed by atoms with Crippen molar-refractivity contribution in [2.75, 3.05) is 11.1 Å². The first-order valence-corrected chi connectivity index (χ1v) is 10.4. The van der Waals surface area contributed by atoms with Gasteiger partial charge in [0.25, 0.3) is 5.22 Å². The van der Waals surface area contributed by atoms with E-state index in [1.54, 1.807) is 18.2 Å². The molecule has 3 rings (SSSR count). The molecular weight excluding hydrogens is 473 g/mol. The van der Waals surface area contributed by atoms with Crippen LogP contribution in [-0.4, -0.2) is 21.9 Å². The summed E-state index contributed by atoms with van der Waals surface area (Å²) in [5.74, 6) is 0.266. The Morgan fingerprint density at radius 3 is 2.56 bits per heavy atom. The standard InChI is InChI=1S/C18H14BrCl2N3O2S/c1-9-5-11(19)6-10(2)16(9)22-15(25)8-27-18-24-23-17(26-18)13-4-3-12(20)7-14(13)21/h3-7H,8H2,1-2H3,(H,22,25). The Bertz CT molecular complexity index is 987. The lowest BCUT2D eigenvalue weighted by Crippen LogP contribution is -2.15. The number of nitrogens with one attached hydrogen (secondary N) is 1. The largest absolute Gasteiger partial charge is 0.411 e. The summed E-state index contributed by atoms with van der Waals surface area (Å²) in [5, 5.41) is 12.1. The van der Waals surface area contributed by atoms with Gasteiger partial charge >= 0.3 is 0 Å². The summed E-state index contributed by atoms with van der Waals surface area (Å²) >= 11 is 16.6. The van der Waals surface area contributed by atoms with Crippen molar-refractivity contribution in [1.29, 1.82) is 0 Å². The molecule has 0 saturated carbocycles. The van der Waals surface area contributed by atoms with Crippen LogP contribution in [0.25, 0.3) is 11.5 Å². The van der Waals surface area contributed by atoms with Crippen molar-refractivity contribution in [2.24, 2.45) is 0 Å². The molecule has 9 heteroatoms. The van der Waals surface area contributed by atoms with E-state index in [0.29, 0.717) is 15.6 Å². The molecule has 0 saturated heterocycles. The molecule has 140 valence electrons. The molecule has 0 fully saturated rings. The minimum Gasteiger partial charge on any atom is -0.411 e. The Balaban J connectivity index is 1.64. The fourth-order valence-electron chi connectivity index (χ4n) is 2.45. The number of hydrogen-bond donors (Lipinski definition) is 1. The van der Waals surface area contributed by atoms with E-state index in [-0.39, 0.29) is 22.8 Å². The first-order valence-electron chi connectivity index (χ1n) is 7.82. The fraction of sp³-hybridized carbons (Fsp3) is 0.167. The molecule has 0 bridgehead atoms. The van der Waals surface area contributed by atoms with Crippen molar-refractivity contribution in [3.8, 4) is 11.5 Å². The highest BCUT2D eigenvalue weighted by Gasteiger charge is 2.15. The second kappa shape index (κ2) is 8.65. The van der Waals surface area contributed by atoms with E-state index in [2.05, 4.69) is 31.4 Å². The van der Waals surface area contributed by atoms with Crippen LogP contribution in [-0.2, 0) is 4.79 Å². The summed E-state index contributed by atoms with van der Waals surface area (Å²) in [4.78, 5) is 12.3. The van der Waals surface area contributed by atoms with Gasteiger partial charge in [0.2, 0.25) is 11.8 Å². The van der Waals surface area contributed by atoms with E-state index >= 15 is 0 Å². The van der Waals surface area contributed by atoms with Crippen LogP contribution in [0, 0.1) is 13.8 Å². The second-order valence-corrected chi connectivity index (χ2v) is 8.43. The Morgan fingerprint density at radius 1 is 1.19 bits per heavy atom. The number of aryl methyl sites for hydroxylation is 2. The van der Waals surface area contributed by atoms with Gasteiger partial charge in [0.1, 0.15) is 0 Å². The molecule has 1 amide bonds. The summed E-state index contributed by atoms with van der Waals surface area (Å²) in [5.41, 5.74) is 3.37. The molecule has 0 aliphatic heterocycles. The van der Waals surface area contributed by atoms with Crippen LogP contribution in [0.4, 0.5) is 5.69 Å². The number of hydrogen-bond acceptors (Lipinski definition) is 5. The van der Waals surface area contributed by atoms with E-state index < -0.39 is 0 Å². The van der Waals surface area contributed by atoms with Gasteiger partial charge in [0.15, 0.2) is 0 Å². The Labute approximate surface area is 179 Å². The summed E-state index contributed by atoms with van der Waals surface area (Å²) in [6.07, 6.45) is 0. The number of benzene rings is 2. The van der Waals surface area contributed by atoms with E-state index in [4.69, 9.17) is 27.6 Å². The third-order valence-corrected chi connectivity index (χ3v) is 5.48. The van der Waals surface area contributed by atoms with Crippen molar-refractivity contribution < 1.29 is 9.21 Å². The average molecular weight is 487 g/mol. The number of aromatic nitrogens is 2. The van der Waals surface area contributed by atoms with Gasteiger partial charge in [0.05, 0.1) is 16.3 Å². The lowest BCUT2D eigenvalue weighted by molar-refractivity contribution is -0.113. The van der Waals surface area contributed by atoms with Crippen LogP contribution < -0.4 is 5.32 Å². The zero-order valence-corrected chi connectivity index (χ0v) is 18.3. The maximum atomic E-state index is 12.3. The number of carbonyl (C=O) groups is 1. The van der Waals surface area contributed by atoms with Crippen molar-refractivity contribution in [1.82, 2.24) is 10.2 Å². The highest BCUT2D eigenvalue weighted by molar-refractivity contribution is 9.10. The van der Waals surface area contributed by atoms with Crippen LogP contribution in [0.3, 0.4) is 0 Å². The zero-order chi connectivity index (χ0) is 19.6. The Hall–Kier alpha value is -1.54. The molecule has 0 unspecified atom stereocenters. The molecule has 3 aromatic rings. The summed E-state index contributed by atoms with van der Waals surface area (Å²) in [6.45, 7) is 3.89. The quantitative estimate of drug-likeness (QED) is 0.437. The number of nitrogens with zero attached hydrogens (tertiary/aromatic N) is 2. The summed E-state index contributed by atoms with van der Waals surface area (Å²) < 4.78 is 6.56. The van der Waals surface area contributed by atoms with Gasteiger partial charge in [-0.1, -0.05) is 50.9 Å². The fourth-order valence-corrected chi connectivity index (χ4v) is 4.19. The van der Waals surface area contributed by atoms with Crippen LogP contribution in [0.15, 0.2) is 44.4 Å². The average Bonchev–Trinajstić information content (AvgIpc) is 3.05. The SMILES string of the molecule is Cc1cc(Br)cc(C)c1NC(=O)CSc1nnc(-c2ccc(Cl)cc2Cl)o1. The number of anilines is 1. The minimum atomic E-state index is -0.155. The number of thioether (sulfide) groups is 1. The van der Waals surface area contributed by atoms with Crippen molar-refractivity contribution in [2.45, 2.75) is 19.1 Å². The second-order valence-electron chi connectivity index (χ2n) is 5.75. The smallest absolute Gasteiger partial charge is 0.277 e. The first-order chi connectivity index (χ1) is 12.8. The molecule has 0 atom stereocenters. The predicted molar refractivity (Wildman–Crippen MR) is 113 cm³/mol. The highest BCUT2D eigenvalue weighted by Crippen LogP contribution is 2.31. The van der Waals surface area contributed by atoms with Crippen LogP contribution >= 0.6 is 50.9 Å². The van der Waals surface area contributed by atoms with Crippen LogP contribution in [0.5, 0.6) is 0 Å². The normalized spacial score (nSPS) is 10.9. The molecule has 0 spiro atoms. The van der Waals surface area contributed by atoms with E-state index in [1.165, 1.54) is 0 Å². The molecule has 0 radical (unpaired) electrons. The van der Waals surface area contributed by atoms with Gasteiger partial charge in [-0.25, -0.2) is 0 Å². The maximum absolute atomic E-state index is 12.3. The van der Waals surface area contributed by atoms with Crippen molar-refractivity contribution in [3.63, 3.8) is 0 Å². The van der Waals surface area contributed by atoms with Gasteiger partial charge in [-0.2, -0.15) is 0 Å². The van der Waals surface area contributed by atoms with E-state index in [9.17, 15) is 4.79 Å². The summed E-state index contributed by atoms with van der Waals surface area (Å²) in [7, 11) is 0. The molecule has 0 aliphatic carbocycles. The predicted octanol–water partition coefficient (Wildman–Crippen LogP) is 6.15. The summed E-state index contributed by atoms with van der Waals surface area (Å²) in [6, 6.07) is 8.91. The maximum Gasteiger partial charge on any atom is 0.277 e. The third-order valence-electron chi connectivity index (χ3n) is 3.66. The van der Waals surface area contributed by atoms with Crippen LogP contribution in [0.2, 0.25) is 10.0 Å². The molecule has 1 heterocycles. The number of rotatable bonds is 5. The van der Waals surface area contributed by atoms with Crippen molar-refractivity contribution >= 4 is 62.5 Å². The monoisotopic (exact) mass is 485 g/mol. The third kappa shape index (κ3) is 5.04. The van der Waals surface area contributed by atoms with Crippen LogP contribution in [0.1, 0.15) is 11.1 Å². The molecule has 5 nitrogen and oxygen atoms in total. The van der Waals surface area contributed by atoms with Gasteiger partial charge in [-0.05, 0) is 55.3 Å². The number of carbonyl (C=O) groups excluding carboxylic acids is 1. The molecule has 0 aliphatic rings. The molecule has 2 aromatic carbocycles. The van der Waals surface area contributed by atoms with Gasteiger partial charge in [-0.3, -0.25) is 4.79 Å². The Kier molecular flexibility index (Phi) is 6.47. The minimum absolute atomic E-state index is 0.144. The molecule has 1 N–H and O–H groups in total. The number of amides is 1. The molecular formula is C18H14BrCl2N3O2S. The molecule has 27 heavy (non-hydrogen) atoms. The topological polar surface area (TPSA) is 68.0 Å². The lowest BCUT2D eigenvalue weighted by Gasteiger charge is -2.11. The Morgan fingerprint density at radius 2 is 1.89 bits per heavy atom.